The van der Waals surface area contributed by atoms with Crippen LogP contribution in [-0.2, 0) is 14.3 Å². The van der Waals surface area contributed by atoms with Gasteiger partial charge in [-0.05, 0) is 85.4 Å². The highest BCUT2D eigenvalue weighted by Gasteiger charge is 2.59. The third-order valence-corrected chi connectivity index (χ3v) is 9.73. The Hall–Kier alpha value is -1.12. The van der Waals surface area contributed by atoms with Gasteiger partial charge in [0.25, 0.3) is 0 Å². The normalized spacial score (nSPS) is 43.4. The van der Waals surface area contributed by atoms with E-state index >= 15 is 0 Å². The number of fused-ring (bicyclic) bond motifs is 5. The maximum absolute atomic E-state index is 12.0. The molecular formula is C25H38O3. The number of carbonyl (C=O) groups is 2. The number of rotatable bonds is 4. The molecule has 0 aromatic heterocycles. The van der Waals surface area contributed by atoms with Crippen LogP contribution in [0.4, 0.5) is 0 Å². The third-order valence-electron chi connectivity index (χ3n) is 9.73. The van der Waals surface area contributed by atoms with Crippen LogP contribution in [0.3, 0.4) is 0 Å². The first-order chi connectivity index (χ1) is 13.3. The standard InChI is InChI=1S/C25H38O3/c1-16(5-10-23(27)28-4)20-8-9-21-19-7-6-17-15-18(26)11-13-24(17,2)22(19)12-14-25(20,21)3/h6,16,19-22H,5,7-15H2,1-4H3/t16-,19?,20-,21?,22?,24+,25-/m1/s1. The first-order valence-corrected chi connectivity index (χ1v) is 11.6. The zero-order valence-corrected chi connectivity index (χ0v) is 18.3. The van der Waals surface area contributed by atoms with Crippen molar-refractivity contribution in [3.8, 4) is 0 Å². The molecule has 4 aliphatic carbocycles. The summed E-state index contributed by atoms with van der Waals surface area (Å²) in [4.78, 5) is 23.7. The second-order valence-corrected chi connectivity index (χ2v) is 10.8. The quantitative estimate of drug-likeness (QED) is 0.458. The van der Waals surface area contributed by atoms with E-state index in [4.69, 9.17) is 4.74 Å². The summed E-state index contributed by atoms with van der Waals surface area (Å²) in [5.74, 6) is 4.06. The summed E-state index contributed by atoms with van der Waals surface area (Å²) in [6, 6.07) is 0. The van der Waals surface area contributed by atoms with E-state index in [9.17, 15) is 9.59 Å². The summed E-state index contributed by atoms with van der Waals surface area (Å²) < 4.78 is 4.87. The van der Waals surface area contributed by atoms with E-state index in [1.165, 1.54) is 44.8 Å². The van der Waals surface area contributed by atoms with Gasteiger partial charge in [-0.15, -0.1) is 0 Å². The molecule has 0 aliphatic heterocycles. The Morgan fingerprint density at radius 3 is 2.75 bits per heavy atom. The monoisotopic (exact) mass is 386 g/mol. The number of ketones is 1. The van der Waals surface area contributed by atoms with Crippen molar-refractivity contribution in [1.29, 1.82) is 0 Å². The molecule has 0 saturated heterocycles. The van der Waals surface area contributed by atoms with Gasteiger partial charge in [-0.25, -0.2) is 0 Å². The van der Waals surface area contributed by atoms with E-state index in [0.29, 0.717) is 23.5 Å². The molecule has 3 saturated carbocycles. The van der Waals surface area contributed by atoms with Crippen molar-refractivity contribution in [2.24, 2.45) is 40.4 Å². The Morgan fingerprint density at radius 1 is 1.21 bits per heavy atom. The fourth-order valence-electron chi connectivity index (χ4n) is 8.10. The van der Waals surface area contributed by atoms with Crippen molar-refractivity contribution < 1.29 is 14.3 Å². The Bertz CT molecular complexity index is 679. The molecule has 156 valence electrons. The molecule has 0 amide bonds. The molecule has 3 fully saturated rings. The summed E-state index contributed by atoms with van der Waals surface area (Å²) in [6.07, 6.45) is 13.0. The van der Waals surface area contributed by atoms with Crippen LogP contribution in [0.2, 0.25) is 0 Å². The predicted octanol–water partition coefficient (Wildman–Crippen LogP) is 5.72. The van der Waals surface area contributed by atoms with Crippen LogP contribution in [0.5, 0.6) is 0 Å². The molecule has 0 N–H and O–H groups in total. The molecule has 4 rings (SSSR count). The lowest BCUT2D eigenvalue weighted by molar-refractivity contribution is -0.141. The summed E-state index contributed by atoms with van der Waals surface area (Å²) in [5.41, 5.74) is 2.16. The lowest BCUT2D eigenvalue weighted by Crippen LogP contribution is -2.50. The van der Waals surface area contributed by atoms with Crippen molar-refractivity contribution in [3.63, 3.8) is 0 Å². The van der Waals surface area contributed by atoms with Gasteiger partial charge >= 0.3 is 5.97 Å². The minimum atomic E-state index is -0.0695. The van der Waals surface area contributed by atoms with Crippen LogP contribution in [0.1, 0.15) is 85.0 Å². The Morgan fingerprint density at radius 2 is 2.00 bits per heavy atom. The summed E-state index contributed by atoms with van der Waals surface area (Å²) >= 11 is 0. The lowest BCUT2D eigenvalue weighted by Gasteiger charge is -2.58. The Labute approximate surface area is 170 Å². The van der Waals surface area contributed by atoms with Crippen LogP contribution in [0.25, 0.3) is 0 Å². The molecule has 7 atom stereocenters. The number of carbonyl (C=O) groups excluding carboxylic acids is 2. The van der Waals surface area contributed by atoms with Gasteiger partial charge in [-0.3, -0.25) is 9.59 Å². The zero-order chi connectivity index (χ0) is 20.1. The smallest absolute Gasteiger partial charge is 0.305 e. The number of hydrogen-bond donors (Lipinski definition) is 0. The molecule has 0 bridgehead atoms. The van der Waals surface area contributed by atoms with E-state index in [0.717, 1.165) is 49.4 Å². The summed E-state index contributed by atoms with van der Waals surface area (Å²) in [7, 11) is 1.49. The second-order valence-electron chi connectivity index (χ2n) is 10.8. The fraction of sp³-hybridized carbons (Fsp3) is 0.840. The number of Topliss-reactive ketones (excluding diaryl/α,β-unsaturated/α-hetero) is 1. The average molecular weight is 387 g/mol. The molecule has 0 aromatic carbocycles. The first kappa shape index (κ1) is 20.2. The molecule has 28 heavy (non-hydrogen) atoms. The topological polar surface area (TPSA) is 43.4 Å². The van der Waals surface area contributed by atoms with Gasteiger partial charge in [-0.2, -0.15) is 0 Å². The zero-order valence-electron chi connectivity index (χ0n) is 18.3. The Kier molecular flexibility index (Phi) is 5.25. The molecule has 0 radical (unpaired) electrons. The van der Waals surface area contributed by atoms with Crippen LogP contribution in [0.15, 0.2) is 11.6 Å². The molecule has 3 heteroatoms. The van der Waals surface area contributed by atoms with Gasteiger partial charge in [0.1, 0.15) is 5.78 Å². The molecular weight excluding hydrogens is 348 g/mol. The van der Waals surface area contributed by atoms with Crippen molar-refractivity contribution in [1.82, 2.24) is 0 Å². The number of hydrogen-bond acceptors (Lipinski definition) is 3. The van der Waals surface area contributed by atoms with Gasteiger partial charge in [0.15, 0.2) is 0 Å². The lowest BCUT2D eigenvalue weighted by atomic mass is 9.47. The van der Waals surface area contributed by atoms with Crippen LogP contribution in [0, 0.1) is 40.4 Å². The van der Waals surface area contributed by atoms with Crippen LogP contribution >= 0.6 is 0 Å². The van der Waals surface area contributed by atoms with Crippen molar-refractivity contribution in [2.75, 3.05) is 7.11 Å². The van der Waals surface area contributed by atoms with Gasteiger partial charge in [0, 0.05) is 19.3 Å². The maximum Gasteiger partial charge on any atom is 0.305 e. The van der Waals surface area contributed by atoms with Crippen molar-refractivity contribution in [3.05, 3.63) is 11.6 Å². The van der Waals surface area contributed by atoms with Crippen LogP contribution in [-0.4, -0.2) is 18.9 Å². The summed E-state index contributed by atoms with van der Waals surface area (Å²) in [6.45, 7) is 7.39. The molecule has 4 aliphatic rings. The SMILES string of the molecule is COC(=O)CC[C@@H](C)[C@H]1CCC2C3CC=C4CC(=O)CC[C@]4(C)C3CC[C@@]21C. The molecule has 3 unspecified atom stereocenters. The first-order valence-electron chi connectivity index (χ1n) is 11.6. The molecule has 0 aromatic rings. The number of esters is 1. The number of methoxy groups -OCH3 is 1. The summed E-state index contributed by atoms with van der Waals surface area (Å²) in [5, 5.41) is 0. The van der Waals surface area contributed by atoms with E-state index in [1.807, 2.05) is 0 Å². The number of allylic oxidation sites excluding steroid dienone is 2. The molecule has 0 heterocycles. The second kappa shape index (κ2) is 7.29. The third kappa shape index (κ3) is 3.08. The van der Waals surface area contributed by atoms with E-state index < -0.39 is 0 Å². The molecule has 3 nitrogen and oxygen atoms in total. The van der Waals surface area contributed by atoms with Gasteiger partial charge < -0.3 is 4.74 Å². The van der Waals surface area contributed by atoms with Gasteiger partial charge in [0.2, 0.25) is 0 Å². The largest absolute Gasteiger partial charge is 0.469 e. The van der Waals surface area contributed by atoms with Crippen LogP contribution < -0.4 is 0 Å². The van der Waals surface area contributed by atoms with E-state index in [1.54, 1.807) is 0 Å². The highest BCUT2D eigenvalue weighted by Crippen LogP contribution is 2.67. The highest BCUT2D eigenvalue weighted by molar-refractivity contribution is 5.82. The van der Waals surface area contributed by atoms with Gasteiger partial charge in [0.05, 0.1) is 7.11 Å². The Balaban J connectivity index is 1.52. The van der Waals surface area contributed by atoms with E-state index in [-0.39, 0.29) is 11.4 Å². The average Bonchev–Trinajstić information content (AvgIpc) is 3.03. The number of ether oxygens (including phenoxy) is 1. The van der Waals surface area contributed by atoms with E-state index in [2.05, 4.69) is 26.8 Å². The minimum Gasteiger partial charge on any atom is -0.469 e. The maximum atomic E-state index is 12.0. The van der Waals surface area contributed by atoms with Crippen molar-refractivity contribution >= 4 is 11.8 Å². The molecule has 0 spiro atoms. The fourth-order valence-corrected chi connectivity index (χ4v) is 8.10. The van der Waals surface area contributed by atoms with Gasteiger partial charge in [-0.1, -0.05) is 32.4 Å². The minimum absolute atomic E-state index is 0.0695. The predicted molar refractivity (Wildman–Crippen MR) is 111 cm³/mol. The highest BCUT2D eigenvalue weighted by atomic mass is 16.5. The van der Waals surface area contributed by atoms with Crippen molar-refractivity contribution in [2.45, 2.75) is 85.0 Å².